The number of benzene rings is 3. The van der Waals surface area contributed by atoms with Crippen LogP contribution in [0.4, 0.5) is 0 Å². The molecule has 0 aliphatic carbocycles. The van der Waals surface area contributed by atoms with Crippen molar-refractivity contribution in [1.29, 1.82) is 0 Å². The summed E-state index contributed by atoms with van der Waals surface area (Å²) in [5, 5.41) is 0.718. The second-order valence-electron chi connectivity index (χ2n) is 8.95. The van der Waals surface area contributed by atoms with E-state index in [1.54, 1.807) is 18.4 Å². The SMILES string of the molecule is C=CC(C=C)=CN=c1cc(-c2cccc(-c3cccc(-c4ccc(C=C)c(C=C)c4)c3Cl)c2C)ccn1C. The number of hydrogen-bond acceptors (Lipinski definition) is 1. The first-order valence-electron chi connectivity index (χ1n) is 12.4. The molecule has 2 nitrogen and oxygen atoms in total. The van der Waals surface area contributed by atoms with Crippen molar-refractivity contribution in [2.24, 2.45) is 12.0 Å². The second-order valence-corrected chi connectivity index (χ2v) is 9.33. The van der Waals surface area contributed by atoms with E-state index < -0.39 is 0 Å². The molecule has 3 heteroatoms. The van der Waals surface area contributed by atoms with Crippen molar-refractivity contribution in [2.45, 2.75) is 6.92 Å². The minimum Gasteiger partial charge on any atom is -0.336 e. The van der Waals surface area contributed by atoms with Gasteiger partial charge in [-0.3, -0.25) is 0 Å². The molecule has 0 saturated carbocycles. The van der Waals surface area contributed by atoms with Crippen LogP contribution >= 0.6 is 11.6 Å². The topological polar surface area (TPSA) is 17.3 Å². The van der Waals surface area contributed by atoms with Gasteiger partial charge in [-0.25, -0.2) is 4.99 Å². The third kappa shape index (κ3) is 5.32. The lowest BCUT2D eigenvalue weighted by atomic mass is 9.91. The molecule has 0 saturated heterocycles. The van der Waals surface area contributed by atoms with Crippen molar-refractivity contribution >= 4 is 23.8 Å². The zero-order valence-corrected chi connectivity index (χ0v) is 22.7. The van der Waals surface area contributed by atoms with Gasteiger partial charge in [-0.15, -0.1) is 0 Å². The molecule has 0 N–H and O–H groups in total. The van der Waals surface area contributed by atoms with E-state index in [2.05, 4.69) is 105 Å². The molecule has 4 rings (SSSR count). The van der Waals surface area contributed by atoms with Crippen molar-refractivity contribution in [3.63, 3.8) is 0 Å². The number of hydrogen-bond donors (Lipinski definition) is 0. The fourth-order valence-corrected chi connectivity index (χ4v) is 4.83. The van der Waals surface area contributed by atoms with E-state index in [4.69, 9.17) is 11.6 Å². The fourth-order valence-electron chi connectivity index (χ4n) is 4.49. The highest BCUT2D eigenvalue weighted by Gasteiger charge is 2.15. The highest BCUT2D eigenvalue weighted by atomic mass is 35.5. The molecule has 1 heterocycles. The number of pyridine rings is 1. The van der Waals surface area contributed by atoms with Gasteiger partial charge in [0, 0.05) is 30.6 Å². The van der Waals surface area contributed by atoms with Crippen LogP contribution in [0.2, 0.25) is 5.02 Å². The Morgan fingerprint density at radius 2 is 1.39 bits per heavy atom. The van der Waals surface area contributed by atoms with Crippen LogP contribution in [0.15, 0.2) is 128 Å². The summed E-state index contributed by atoms with van der Waals surface area (Å²) in [5.74, 6) is 0. The standard InChI is InChI=1S/C35H31ClN2/c1-7-25(8-2)23-37-34-22-29(19-20-38(34)6)30-13-11-14-31(24(30)5)33-16-12-15-32(35(33)36)28-18-17-26(9-3)27(10-4)21-28/h7-23H,1-4H2,5-6H3. The summed E-state index contributed by atoms with van der Waals surface area (Å²) in [7, 11) is 1.98. The normalized spacial score (nSPS) is 11.1. The molecule has 1 aromatic heterocycles. The average molecular weight is 515 g/mol. The maximum Gasteiger partial charge on any atom is 0.132 e. The Morgan fingerprint density at radius 1 is 0.763 bits per heavy atom. The lowest BCUT2D eigenvalue weighted by Crippen LogP contribution is -2.16. The minimum absolute atomic E-state index is 0.718. The zero-order valence-electron chi connectivity index (χ0n) is 21.9. The molecule has 0 aliphatic heterocycles. The van der Waals surface area contributed by atoms with Crippen LogP contribution in [-0.4, -0.2) is 4.57 Å². The predicted octanol–water partition coefficient (Wildman–Crippen LogP) is 9.43. The number of allylic oxidation sites excluding steroid dienone is 3. The first kappa shape index (κ1) is 26.7. The highest BCUT2D eigenvalue weighted by molar-refractivity contribution is 6.36. The van der Waals surface area contributed by atoms with Crippen molar-refractivity contribution < 1.29 is 0 Å². The van der Waals surface area contributed by atoms with Crippen LogP contribution < -0.4 is 5.49 Å². The molecule has 0 amide bonds. The molecular formula is C35H31ClN2. The summed E-state index contributed by atoms with van der Waals surface area (Å²) in [6.45, 7) is 17.6. The van der Waals surface area contributed by atoms with Crippen LogP contribution in [0, 0.1) is 6.92 Å². The van der Waals surface area contributed by atoms with Crippen LogP contribution in [0.3, 0.4) is 0 Å². The molecular weight excluding hydrogens is 484 g/mol. The van der Waals surface area contributed by atoms with Crippen LogP contribution in [-0.2, 0) is 7.05 Å². The molecule has 0 radical (unpaired) electrons. The fraction of sp³-hybridized carbons (Fsp3) is 0.0571. The second kappa shape index (κ2) is 11.8. The number of halogens is 1. The van der Waals surface area contributed by atoms with Gasteiger partial charge in [0.15, 0.2) is 0 Å². The van der Waals surface area contributed by atoms with Gasteiger partial charge in [-0.05, 0) is 69.6 Å². The Kier molecular flexibility index (Phi) is 8.25. The summed E-state index contributed by atoms with van der Waals surface area (Å²) in [6, 6.07) is 22.9. The average Bonchev–Trinajstić information content (AvgIpc) is 2.94. The van der Waals surface area contributed by atoms with Crippen LogP contribution in [0.25, 0.3) is 45.5 Å². The van der Waals surface area contributed by atoms with Crippen molar-refractivity contribution in [1.82, 2.24) is 4.57 Å². The Balaban J connectivity index is 1.83. The molecule has 4 aromatic rings. The van der Waals surface area contributed by atoms with E-state index in [0.717, 1.165) is 66.2 Å². The molecule has 0 aliphatic rings. The van der Waals surface area contributed by atoms with Crippen LogP contribution in [0.1, 0.15) is 16.7 Å². The van der Waals surface area contributed by atoms with Gasteiger partial charge < -0.3 is 4.57 Å². The monoisotopic (exact) mass is 514 g/mol. The number of aromatic nitrogens is 1. The van der Waals surface area contributed by atoms with Gasteiger partial charge >= 0.3 is 0 Å². The summed E-state index contributed by atoms with van der Waals surface area (Å²) >= 11 is 7.07. The van der Waals surface area contributed by atoms with Crippen molar-refractivity contribution in [2.75, 3.05) is 0 Å². The first-order valence-corrected chi connectivity index (χ1v) is 12.7. The Hall–Kier alpha value is -4.40. The molecule has 188 valence electrons. The van der Waals surface area contributed by atoms with Gasteiger partial charge in [0.1, 0.15) is 5.49 Å². The van der Waals surface area contributed by atoms with E-state index in [9.17, 15) is 0 Å². The molecule has 0 unspecified atom stereocenters. The van der Waals surface area contributed by atoms with Gasteiger partial charge in [0.25, 0.3) is 0 Å². The third-order valence-corrected chi connectivity index (χ3v) is 7.12. The first-order chi connectivity index (χ1) is 18.4. The van der Waals surface area contributed by atoms with Crippen molar-refractivity contribution in [3.05, 3.63) is 150 Å². The van der Waals surface area contributed by atoms with Gasteiger partial charge in [0.05, 0.1) is 5.02 Å². The van der Waals surface area contributed by atoms with E-state index in [0.29, 0.717) is 0 Å². The molecule has 3 aromatic carbocycles. The molecule has 0 bridgehead atoms. The smallest absolute Gasteiger partial charge is 0.132 e. The quantitative estimate of drug-likeness (QED) is 0.208. The minimum atomic E-state index is 0.718. The summed E-state index contributed by atoms with van der Waals surface area (Å²) in [4.78, 5) is 4.65. The van der Waals surface area contributed by atoms with Crippen molar-refractivity contribution in [3.8, 4) is 33.4 Å². The predicted molar refractivity (Wildman–Crippen MR) is 166 cm³/mol. The number of aryl methyl sites for hydroxylation is 1. The lowest BCUT2D eigenvalue weighted by molar-refractivity contribution is 0.834. The van der Waals surface area contributed by atoms with Gasteiger partial charge in [-0.1, -0.05) is 111 Å². The van der Waals surface area contributed by atoms with E-state index in [-0.39, 0.29) is 0 Å². The van der Waals surface area contributed by atoms with Gasteiger partial charge in [0.2, 0.25) is 0 Å². The van der Waals surface area contributed by atoms with Gasteiger partial charge in [-0.2, -0.15) is 0 Å². The van der Waals surface area contributed by atoms with E-state index >= 15 is 0 Å². The summed E-state index contributed by atoms with van der Waals surface area (Å²) < 4.78 is 1.98. The van der Waals surface area contributed by atoms with Crippen LogP contribution in [0.5, 0.6) is 0 Å². The summed E-state index contributed by atoms with van der Waals surface area (Å²) in [5.41, 5.74) is 11.2. The van der Waals surface area contributed by atoms with E-state index in [1.165, 1.54) is 0 Å². The summed E-state index contributed by atoms with van der Waals surface area (Å²) in [6.07, 6.45) is 10.9. The Labute approximate surface area is 230 Å². The zero-order chi connectivity index (χ0) is 27.2. The maximum atomic E-state index is 7.07. The molecule has 38 heavy (non-hydrogen) atoms. The molecule has 0 atom stereocenters. The Morgan fingerprint density at radius 3 is 2.08 bits per heavy atom. The van der Waals surface area contributed by atoms with E-state index in [1.807, 2.05) is 30.0 Å². The number of rotatable bonds is 8. The highest BCUT2D eigenvalue weighted by Crippen LogP contribution is 2.40. The molecule has 0 fully saturated rings. The molecule has 0 spiro atoms. The lowest BCUT2D eigenvalue weighted by Gasteiger charge is -2.16. The largest absolute Gasteiger partial charge is 0.336 e. The maximum absolute atomic E-state index is 7.07. The Bertz CT molecular complexity index is 1650. The number of nitrogens with zero attached hydrogens (tertiary/aromatic N) is 2. The third-order valence-electron chi connectivity index (χ3n) is 6.71.